The lowest BCUT2D eigenvalue weighted by Gasteiger charge is -2.16. The zero-order valence-electron chi connectivity index (χ0n) is 12.5. The van der Waals surface area contributed by atoms with Gasteiger partial charge in [-0.25, -0.2) is 0 Å². The van der Waals surface area contributed by atoms with Crippen molar-refractivity contribution in [3.05, 3.63) is 64.2 Å². The highest BCUT2D eigenvalue weighted by Gasteiger charge is 2.13. The van der Waals surface area contributed by atoms with Crippen molar-refractivity contribution in [1.29, 1.82) is 0 Å². The number of halogens is 1. The van der Waals surface area contributed by atoms with E-state index in [2.05, 4.69) is 73.1 Å². The molecule has 0 aliphatic rings. The fourth-order valence-electron chi connectivity index (χ4n) is 2.64. The number of aryl methyl sites for hydroxylation is 3. The Morgan fingerprint density at radius 2 is 1.60 bits per heavy atom. The number of hydrogen-bond acceptors (Lipinski definition) is 1. The van der Waals surface area contributed by atoms with Crippen molar-refractivity contribution in [2.75, 3.05) is 7.11 Å². The molecule has 2 rings (SSSR count). The lowest BCUT2D eigenvalue weighted by atomic mass is 9.97. The fourth-order valence-corrected chi connectivity index (χ4v) is 3.25. The van der Waals surface area contributed by atoms with Gasteiger partial charge in [-0.1, -0.05) is 52.3 Å². The highest BCUT2D eigenvalue weighted by Crippen LogP contribution is 2.33. The Hall–Kier alpha value is -1.28. The number of ether oxygens (including phenoxy) is 1. The number of rotatable bonds is 4. The van der Waals surface area contributed by atoms with Gasteiger partial charge in [-0.2, -0.15) is 0 Å². The highest BCUT2D eigenvalue weighted by molar-refractivity contribution is 9.09. The van der Waals surface area contributed by atoms with Crippen LogP contribution in [0.2, 0.25) is 0 Å². The topological polar surface area (TPSA) is 9.23 Å². The molecule has 0 saturated carbocycles. The third-order valence-electron chi connectivity index (χ3n) is 3.71. The van der Waals surface area contributed by atoms with Crippen molar-refractivity contribution in [1.82, 2.24) is 0 Å². The largest absolute Gasteiger partial charge is 0.496 e. The molecule has 1 nitrogen and oxygen atoms in total. The van der Waals surface area contributed by atoms with Crippen molar-refractivity contribution in [3.63, 3.8) is 0 Å². The summed E-state index contributed by atoms with van der Waals surface area (Å²) >= 11 is 3.83. The molecule has 0 heterocycles. The molecule has 0 amide bonds. The van der Waals surface area contributed by atoms with Gasteiger partial charge in [0.2, 0.25) is 0 Å². The molecule has 2 aromatic carbocycles. The standard InChI is InChI=1S/C18H21BrO/c1-12-7-5-6-8-15(12)11-17(19)16-9-13(2)18(20-4)14(3)10-16/h5-10,17H,11H2,1-4H3. The fraction of sp³-hybridized carbons (Fsp3) is 0.333. The van der Waals surface area contributed by atoms with Crippen LogP contribution in [0.25, 0.3) is 0 Å². The molecule has 2 aromatic rings. The first-order chi connectivity index (χ1) is 9.52. The SMILES string of the molecule is COc1c(C)cc(C(Br)Cc2ccccc2C)cc1C. The minimum Gasteiger partial charge on any atom is -0.496 e. The van der Waals surface area contributed by atoms with Crippen LogP contribution in [0.1, 0.15) is 32.6 Å². The zero-order valence-corrected chi connectivity index (χ0v) is 14.1. The van der Waals surface area contributed by atoms with E-state index in [-0.39, 0.29) is 0 Å². The third-order valence-corrected chi connectivity index (χ3v) is 4.56. The summed E-state index contributed by atoms with van der Waals surface area (Å²) in [5, 5.41) is 0. The van der Waals surface area contributed by atoms with E-state index in [1.807, 2.05) is 0 Å². The molecule has 1 unspecified atom stereocenters. The van der Waals surface area contributed by atoms with Gasteiger partial charge in [0.1, 0.15) is 5.75 Å². The second kappa shape index (κ2) is 6.45. The summed E-state index contributed by atoms with van der Waals surface area (Å²) in [6, 6.07) is 13.0. The van der Waals surface area contributed by atoms with Gasteiger partial charge in [0.05, 0.1) is 7.11 Å². The molecule has 106 valence electrons. The quantitative estimate of drug-likeness (QED) is 0.690. The van der Waals surface area contributed by atoms with Crippen molar-refractivity contribution >= 4 is 15.9 Å². The second-order valence-electron chi connectivity index (χ2n) is 5.29. The predicted molar refractivity (Wildman–Crippen MR) is 89.0 cm³/mol. The van der Waals surface area contributed by atoms with Gasteiger partial charge >= 0.3 is 0 Å². The van der Waals surface area contributed by atoms with Crippen molar-refractivity contribution < 1.29 is 4.74 Å². The number of hydrogen-bond donors (Lipinski definition) is 0. The van der Waals surface area contributed by atoms with Gasteiger partial charge in [-0.05, 0) is 55.0 Å². The number of benzene rings is 2. The lowest BCUT2D eigenvalue weighted by molar-refractivity contribution is 0.408. The molecule has 0 fully saturated rings. The zero-order chi connectivity index (χ0) is 14.7. The van der Waals surface area contributed by atoms with Gasteiger partial charge in [0.25, 0.3) is 0 Å². The third kappa shape index (κ3) is 3.24. The van der Waals surface area contributed by atoms with Crippen molar-refractivity contribution in [2.45, 2.75) is 32.0 Å². The molecule has 0 bridgehead atoms. The summed E-state index contributed by atoms with van der Waals surface area (Å²) in [5.41, 5.74) is 6.43. The summed E-state index contributed by atoms with van der Waals surface area (Å²) in [7, 11) is 1.73. The molecule has 0 aliphatic heterocycles. The van der Waals surface area contributed by atoms with E-state index >= 15 is 0 Å². The molecule has 0 N–H and O–H groups in total. The van der Waals surface area contributed by atoms with E-state index in [1.54, 1.807) is 7.11 Å². The van der Waals surface area contributed by atoms with Crippen LogP contribution in [0.4, 0.5) is 0 Å². The minimum absolute atomic E-state index is 0.326. The van der Waals surface area contributed by atoms with Gasteiger partial charge in [-0.3, -0.25) is 0 Å². The van der Waals surface area contributed by atoms with Crippen LogP contribution in [0.3, 0.4) is 0 Å². The van der Waals surface area contributed by atoms with Crippen LogP contribution in [0.15, 0.2) is 36.4 Å². The predicted octanol–water partition coefficient (Wildman–Crippen LogP) is 5.30. The first-order valence-corrected chi connectivity index (χ1v) is 7.78. The van der Waals surface area contributed by atoms with Crippen molar-refractivity contribution in [2.24, 2.45) is 0 Å². The second-order valence-corrected chi connectivity index (χ2v) is 6.39. The summed E-state index contributed by atoms with van der Waals surface area (Å²) in [4.78, 5) is 0.326. The Labute approximate surface area is 130 Å². The van der Waals surface area contributed by atoms with Gasteiger partial charge in [-0.15, -0.1) is 0 Å². The molecule has 20 heavy (non-hydrogen) atoms. The summed E-state index contributed by atoms with van der Waals surface area (Å²) in [5.74, 6) is 0.990. The maximum Gasteiger partial charge on any atom is 0.124 e. The van der Waals surface area contributed by atoms with Crippen molar-refractivity contribution in [3.8, 4) is 5.75 Å². The summed E-state index contributed by atoms with van der Waals surface area (Å²) in [6.45, 7) is 6.37. The molecule has 0 radical (unpaired) electrons. The molecule has 1 atom stereocenters. The monoisotopic (exact) mass is 332 g/mol. The average molecular weight is 333 g/mol. The number of alkyl halides is 1. The Morgan fingerprint density at radius 1 is 1.00 bits per heavy atom. The smallest absolute Gasteiger partial charge is 0.124 e. The maximum atomic E-state index is 5.43. The van der Waals surface area contributed by atoms with Gasteiger partial charge in [0.15, 0.2) is 0 Å². The first kappa shape index (κ1) is 15.1. The van der Waals surface area contributed by atoms with Gasteiger partial charge < -0.3 is 4.74 Å². The molecular weight excluding hydrogens is 312 g/mol. The summed E-state index contributed by atoms with van der Waals surface area (Å²) < 4.78 is 5.43. The molecule has 0 aliphatic carbocycles. The average Bonchev–Trinajstić information content (AvgIpc) is 2.41. The Balaban J connectivity index is 2.26. The maximum absolute atomic E-state index is 5.43. The lowest BCUT2D eigenvalue weighted by Crippen LogP contribution is -2.00. The van der Waals surface area contributed by atoms with E-state index in [0.717, 1.165) is 12.2 Å². The Morgan fingerprint density at radius 3 is 2.15 bits per heavy atom. The van der Waals surface area contributed by atoms with Crippen LogP contribution in [0.5, 0.6) is 5.75 Å². The molecule has 0 aromatic heterocycles. The van der Waals surface area contributed by atoms with Crippen LogP contribution in [0, 0.1) is 20.8 Å². The molecular formula is C18H21BrO. The normalized spacial score (nSPS) is 12.2. The van der Waals surface area contributed by atoms with E-state index in [0.29, 0.717) is 4.83 Å². The Kier molecular flexibility index (Phi) is 4.87. The van der Waals surface area contributed by atoms with Crippen LogP contribution < -0.4 is 4.74 Å². The summed E-state index contributed by atoms with van der Waals surface area (Å²) in [6.07, 6.45) is 0.998. The van der Waals surface area contributed by atoms with E-state index in [4.69, 9.17) is 4.74 Å². The van der Waals surface area contributed by atoms with Crippen LogP contribution in [-0.2, 0) is 6.42 Å². The number of methoxy groups -OCH3 is 1. The molecule has 0 saturated heterocycles. The highest BCUT2D eigenvalue weighted by atomic mass is 79.9. The van der Waals surface area contributed by atoms with Crippen LogP contribution >= 0.6 is 15.9 Å². The Bertz CT molecular complexity index is 581. The minimum atomic E-state index is 0.326. The van der Waals surface area contributed by atoms with Gasteiger partial charge in [0, 0.05) is 4.83 Å². The van der Waals surface area contributed by atoms with Crippen LogP contribution in [-0.4, -0.2) is 7.11 Å². The first-order valence-electron chi connectivity index (χ1n) is 6.86. The molecule has 2 heteroatoms. The van der Waals surface area contributed by atoms with E-state index < -0.39 is 0 Å². The van der Waals surface area contributed by atoms with E-state index in [9.17, 15) is 0 Å². The van der Waals surface area contributed by atoms with E-state index in [1.165, 1.54) is 27.8 Å². The molecule has 0 spiro atoms.